The maximum absolute atomic E-state index is 13.7. The average Bonchev–Trinajstić information content (AvgIpc) is 3.11. The summed E-state index contributed by atoms with van der Waals surface area (Å²) < 4.78 is 19.3. The van der Waals surface area contributed by atoms with Gasteiger partial charge in [-0.1, -0.05) is 23.9 Å². The van der Waals surface area contributed by atoms with Crippen LogP contribution in [0.15, 0.2) is 57.1 Å². The second-order valence-corrected chi connectivity index (χ2v) is 7.92. The third kappa shape index (κ3) is 5.04. The van der Waals surface area contributed by atoms with Crippen LogP contribution in [0.4, 0.5) is 10.1 Å². The number of hydrogen-bond donors (Lipinski definition) is 0. The predicted molar refractivity (Wildman–Crippen MR) is 105 cm³/mol. The van der Waals surface area contributed by atoms with Gasteiger partial charge in [-0.3, -0.25) is 14.9 Å². The molecule has 3 aromatic rings. The number of aromatic nitrogens is 1. The highest BCUT2D eigenvalue weighted by molar-refractivity contribution is 8.01. The zero-order chi connectivity index (χ0) is 21.0. The second-order valence-electron chi connectivity index (χ2n) is 5.77. The summed E-state index contributed by atoms with van der Waals surface area (Å²) in [6.45, 7) is 1.13. The summed E-state index contributed by atoms with van der Waals surface area (Å²) in [6, 6.07) is 9.11. The van der Waals surface area contributed by atoms with Gasteiger partial charge in [0, 0.05) is 28.1 Å². The lowest BCUT2D eigenvalue weighted by Gasteiger charge is -2.09. The van der Waals surface area contributed by atoms with Crippen molar-refractivity contribution >= 4 is 40.5 Å². The third-order valence-corrected chi connectivity index (χ3v) is 5.83. The first kappa shape index (κ1) is 20.6. The summed E-state index contributed by atoms with van der Waals surface area (Å²) in [5, 5.41) is 12.9. The first-order chi connectivity index (χ1) is 13.8. The van der Waals surface area contributed by atoms with Crippen LogP contribution in [0.1, 0.15) is 26.4 Å². The van der Waals surface area contributed by atoms with Crippen molar-refractivity contribution < 1.29 is 23.6 Å². The van der Waals surface area contributed by atoms with E-state index in [1.807, 2.05) is 12.3 Å². The molecular formula is C19H13FN2O5S2. The molecule has 1 heterocycles. The Labute approximate surface area is 172 Å². The van der Waals surface area contributed by atoms with Gasteiger partial charge in [0.2, 0.25) is 5.78 Å². The van der Waals surface area contributed by atoms with E-state index in [0.717, 1.165) is 29.6 Å². The molecular weight excluding hydrogens is 419 g/mol. The van der Waals surface area contributed by atoms with E-state index in [9.17, 15) is 24.1 Å². The van der Waals surface area contributed by atoms with Gasteiger partial charge in [-0.25, -0.2) is 14.2 Å². The number of aryl methyl sites for hydroxylation is 1. The van der Waals surface area contributed by atoms with Crippen molar-refractivity contribution in [3.8, 4) is 0 Å². The Kier molecular flexibility index (Phi) is 6.35. The van der Waals surface area contributed by atoms with E-state index in [-0.39, 0.29) is 16.8 Å². The number of halogens is 1. The van der Waals surface area contributed by atoms with E-state index in [4.69, 9.17) is 4.74 Å². The van der Waals surface area contributed by atoms with Crippen LogP contribution in [0, 0.1) is 22.9 Å². The Morgan fingerprint density at radius 2 is 2.00 bits per heavy atom. The molecule has 0 fully saturated rings. The van der Waals surface area contributed by atoms with Gasteiger partial charge in [-0.05, 0) is 25.1 Å². The first-order valence-electron chi connectivity index (χ1n) is 8.18. The predicted octanol–water partition coefficient (Wildman–Crippen LogP) is 4.69. The van der Waals surface area contributed by atoms with E-state index in [1.54, 1.807) is 0 Å². The molecule has 0 amide bonds. The molecule has 0 saturated heterocycles. The van der Waals surface area contributed by atoms with Crippen LogP contribution in [0.5, 0.6) is 0 Å². The average molecular weight is 432 g/mol. The molecule has 0 aliphatic carbocycles. The molecule has 148 valence electrons. The summed E-state index contributed by atoms with van der Waals surface area (Å²) in [4.78, 5) is 39.8. The molecule has 0 unspecified atom stereocenters. The van der Waals surface area contributed by atoms with Gasteiger partial charge in [-0.15, -0.1) is 11.3 Å². The van der Waals surface area contributed by atoms with E-state index in [1.165, 1.54) is 41.7 Å². The van der Waals surface area contributed by atoms with Crippen molar-refractivity contribution in [3.05, 3.63) is 80.6 Å². The van der Waals surface area contributed by atoms with Crippen molar-refractivity contribution in [1.82, 2.24) is 4.98 Å². The molecule has 0 N–H and O–H groups in total. The van der Waals surface area contributed by atoms with Crippen molar-refractivity contribution in [2.24, 2.45) is 0 Å². The number of benzene rings is 2. The van der Waals surface area contributed by atoms with Gasteiger partial charge in [-0.2, -0.15) is 0 Å². The zero-order valence-electron chi connectivity index (χ0n) is 15.0. The van der Waals surface area contributed by atoms with Crippen molar-refractivity contribution in [3.63, 3.8) is 0 Å². The molecule has 29 heavy (non-hydrogen) atoms. The number of carbonyl (C=O) groups is 2. The lowest BCUT2D eigenvalue weighted by atomic mass is 10.1. The van der Waals surface area contributed by atoms with Gasteiger partial charge < -0.3 is 4.74 Å². The molecule has 0 atom stereocenters. The Balaban J connectivity index is 1.82. The van der Waals surface area contributed by atoms with Gasteiger partial charge in [0.1, 0.15) is 5.82 Å². The zero-order valence-corrected chi connectivity index (χ0v) is 16.6. The molecule has 0 spiro atoms. The van der Waals surface area contributed by atoms with Crippen LogP contribution in [0.25, 0.3) is 0 Å². The Morgan fingerprint density at radius 3 is 2.66 bits per heavy atom. The minimum atomic E-state index is -0.922. The van der Waals surface area contributed by atoms with Gasteiger partial charge >= 0.3 is 5.97 Å². The number of non-ortho nitro benzene ring substituents is 1. The number of nitrogens with zero attached hydrogens (tertiary/aromatic N) is 2. The van der Waals surface area contributed by atoms with E-state index in [2.05, 4.69) is 4.98 Å². The second kappa shape index (κ2) is 8.93. The molecule has 0 radical (unpaired) electrons. The van der Waals surface area contributed by atoms with Crippen LogP contribution < -0.4 is 0 Å². The van der Waals surface area contributed by atoms with Crippen LogP contribution in [0.2, 0.25) is 0 Å². The fourth-order valence-electron chi connectivity index (χ4n) is 2.33. The fourth-order valence-corrected chi connectivity index (χ4v) is 4.22. The van der Waals surface area contributed by atoms with Crippen LogP contribution in [0.3, 0.4) is 0 Å². The highest BCUT2D eigenvalue weighted by Gasteiger charge is 2.21. The maximum Gasteiger partial charge on any atom is 0.339 e. The van der Waals surface area contributed by atoms with Crippen molar-refractivity contribution in [2.75, 3.05) is 6.61 Å². The number of hydrogen-bond acceptors (Lipinski definition) is 8. The number of ketones is 1. The van der Waals surface area contributed by atoms with E-state index in [0.29, 0.717) is 9.24 Å². The van der Waals surface area contributed by atoms with E-state index >= 15 is 0 Å². The molecule has 1 aromatic heterocycles. The number of thiazole rings is 1. The largest absolute Gasteiger partial charge is 0.454 e. The molecule has 2 aromatic carbocycles. The number of nitro benzene ring substituents is 1. The topological polar surface area (TPSA) is 99.4 Å². The third-order valence-electron chi connectivity index (χ3n) is 3.70. The highest BCUT2D eigenvalue weighted by atomic mass is 32.2. The monoisotopic (exact) mass is 432 g/mol. The number of rotatable bonds is 7. The van der Waals surface area contributed by atoms with Gasteiger partial charge in [0.25, 0.3) is 5.69 Å². The molecule has 0 saturated carbocycles. The lowest BCUT2D eigenvalue weighted by Crippen LogP contribution is -2.16. The van der Waals surface area contributed by atoms with E-state index < -0.39 is 29.1 Å². The SMILES string of the molecule is Cc1csc(Sc2ccc([N+](=O)[O-])cc2C(=O)OCC(=O)c2ccccc2F)n1. The maximum atomic E-state index is 13.7. The normalized spacial score (nSPS) is 10.6. The van der Waals surface area contributed by atoms with Crippen molar-refractivity contribution in [1.29, 1.82) is 0 Å². The summed E-state index contributed by atoms with van der Waals surface area (Å²) in [5.41, 5.74) is 0.238. The fraction of sp³-hybridized carbons (Fsp3) is 0.105. The molecule has 0 bridgehead atoms. The number of esters is 1. The minimum Gasteiger partial charge on any atom is -0.454 e. The smallest absolute Gasteiger partial charge is 0.339 e. The van der Waals surface area contributed by atoms with Gasteiger partial charge in [0.05, 0.1) is 16.1 Å². The van der Waals surface area contributed by atoms with Gasteiger partial charge in [0.15, 0.2) is 10.9 Å². The quantitative estimate of drug-likeness (QED) is 0.231. The summed E-state index contributed by atoms with van der Waals surface area (Å²) in [6.07, 6.45) is 0. The number of Topliss-reactive ketones (excluding diaryl/α,β-unsaturated/α-hetero) is 1. The standard InChI is InChI=1S/C19H13FN2O5S2/c1-11-10-28-19(21-11)29-17-7-6-12(22(25)26)8-14(17)18(24)27-9-16(23)13-4-2-3-5-15(13)20/h2-8,10H,9H2,1H3. The number of carbonyl (C=O) groups excluding carboxylic acids is 2. The minimum absolute atomic E-state index is 0.0709. The summed E-state index contributed by atoms with van der Waals surface area (Å²) in [5.74, 6) is -2.36. The molecule has 0 aliphatic rings. The molecule has 10 heteroatoms. The number of ether oxygens (including phenoxy) is 1. The Bertz CT molecular complexity index is 1100. The lowest BCUT2D eigenvalue weighted by molar-refractivity contribution is -0.384. The summed E-state index contributed by atoms with van der Waals surface area (Å²) in [7, 11) is 0. The highest BCUT2D eigenvalue weighted by Crippen LogP contribution is 2.34. The van der Waals surface area contributed by atoms with Crippen LogP contribution in [-0.4, -0.2) is 28.3 Å². The van der Waals surface area contributed by atoms with Crippen molar-refractivity contribution in [2.45, 2.75) is 16.2 Å². The molecule has 7 nitrogen and oxygen atoms in total. The van der Waals surface area contributed by atoms with Crippen LogP contribution in [-0.2, 0) is 4.74 Å². The Morgan fingerprint density at radius 1 is 1.24 bits per heavy atom. The van der Waals surface area contributed by atoms with Crippen LogP contribution >= 0.6 is 23.1 Å². The summed E-state index contributed by atoms with van der Waals surface area (Å²) >= 11 is 2.52. The molecule has 3 rings (SSSR count). The Hall–Kier alpha value is -3.11. The number of nitro groups is 1. The molecule has 0 aliphatic heterocycles. The first-order valence-corrected chi connectivity index (χ1v) is 9.88.